The van der Waals surface area contributed by atoms with E-state index in [1.165, 1.54) is 0 Å². The molecule has 7 heteroatoms. The van der Waals surface area contributed by atoms with Crippen LogP contribution in [0, 0.1) is 13.8 Å². The number of amides is 1. The summed E-state index contributed by atoms with van der Waals surface area (Å²) in [4.78, 5) is 17.5. The Morgan fingerprint density at radius 1 is 0.935 bits per heavy atom. The average molecular weight is 421 g/mol. The minimum Gasteiger partial charge on any atom is -0.497 e. The maximum atomic E-state index is 13.3. The van der Waals surface area contributed by atoms with Gasteiger partial charge >= 0.3 is 0 Å². The van der Waals surface area contributed by atoms with Crippen molar-refractivity contribution in [1.82, 2.24) is 14.7 Å². The van der Waals surface area contributed by atoms with E-state index in [0.717, 1.165) is 47.4 Å². The number of para-hydroxylation sites is 1. The van der Waals surface area contributed by atoms with Crippen LogP contribution in [-0.2, 0) is 0 Å². The summed E-state index contributed by atoms with van der Waals surface area (Å²) in [6.07, 6.45) is 0. The Kier molecular flexibility index (Phi) is 5.84. The maximum Gasteiger partial charge on any atom is 0.257 e. The second-order valence-corrected chi connectivity index (χ2v) is 7.61. The van der Waals surface area contributed by atoms with Crippen LogP contribution in [0.25, 0.3) is 5.69 Å². The molecule has 0 radical (unpaired) electrons. The molecule has 0 N–H and O–H groups in total. The van der Waals surface area contributed by atoms with E-state index < -0.39 is 0 Å². The van der Waals surface area contributed by atoms with Gasteiger partial charge < -0.3 is 19.3 Å². The van der Waals surface area contributed by atoms with Crippen molar-refractivity contribution < 1.29 is 14.3 Å². The van der Waals surface area contributed by atoms with Gasteiger partial charge in [0.25, 0.3) is 5.91 Å². The number of carbonyl (C=O) groups is 1. The molecule has 0 aliphatic carbocycles. The van der Waals surface area contributed by atoms with Gasteiger partial charge in [-0.2, -0.15) is 5.10 Å². The van der Waals surface area contributed by atoms with Crippen molar-refractivity contribution in [3.05, 3.63) is 65.5 Å². The zero-order chi connectivity index (χ0) is 22.0. The number of piperazine rings is 1. The Balaban J connectivity index is 1.50. The predicted molar refractivity (Wildman–Crippen MR) is 121 cm³/mol. The second-order valence-electron chi connectivity index (χ2n) is 7.61. The fraction of sp³-hybridized carbons (Fsp3) is 0.333. The Morgan fingerprint density at radius 2 is 1.65 bits per heavy atom. The minimum absolute atomic E-state index is 0.0403. The third kappa shape index (κ3) is 3.95. The summed E-state index contributed by atoms with van der Waals surface area (Å²) in [6.45, 7) is 6.61. The summed E-state index contributed by atoms with van der Waals surface area (Å²) in [7, 11) is 3.30. The lowest BCUT2D eigenvalue weighted by Crippen LogP contribution is -2.49. The smallest absolute Gasteiger partial charge is 0.257 e. The highest BCUT2D eigenvalue weighted by Crippen LogP contribution is 2.33. The molecule has 2 aromatic carbocycles. The van der Waals surface area contributed by atoms with E-state index in [4.69, 9.17) is 9.47 Å². The van der Waals surface area contributed by atoms with Crippen LogP contribution in [0.2, 0.25) is 0 Å². The predicted octanol–water partition coefficient (Wildman–Crippen LogP) is 3.47. The zero-order valence-corrected chi connectivity index (χ0v) is 18.5. The molecule has 1 aliphatic heterocycles. The van der Waals surface area contributed by atoms with Crippen molar-refractivity contribution in [2.24, 2.45) is 0 Å². The molecule has 0 bridgehead atoms. The number of aromatic nitrogens is 2. The quantitative estimate of drug-likeness (QED) is 0.633. The van der Waals surface area contributed by atoms with E-state index in [1.807, 2.05) is 72.0 Å². The summed E-state index contributed by atoms with van der Waals surface area (Å²) in [5.74, 6) is 1.57. The molecule has 1 aromatic heterocycles. The number of rotatable bonds is 5. The van der Waals surface area contributed by atoms with Gasteiger partial charge in [-0.25, -0.2) is 4.68 Å². The first-order chi connectivity index (χ1) is 15.0. The van der Waals surface area contributed by atoms with Crippen molar-refractivity contribution >= 4 is 11.6 Å². The normalized spacial score (nSPS) is 13.9. The van der Waals surface area contributed by atoms with Gasteiger partial charge in [0.2, 0.25) is 0 Å². The fourth-order valence-electron chi connectivity index (χ4n) is 4.13. The van der Waals surface area contributed by atoms with Crippen LogP contribution in [-0.4, -0.2) is 61.0 Å². The van der Waals surface area contributed by atoms with Crippen molar-refractivity contribution in [3.8, 4) is 17.2 Å². The van der Waals surface area contributed by atoms with Gasteiger partial charge in [-0.15, -0.1) is 0 Å². The second kappa shape index (κ2) is 8.71. The number of carbonyl (C=O) groups excluding carboxylic acids is 1. The number of methoxy groups -OCH3 is 2. The van der Waals surface area contributed by atoms with Crippen molar-refractivity contribution in [2.75, 3.05) is 45.3 Å². The Hall–Kier alpha value is -3.48. The van der Waals surface area contributed by atoms with E-state index in [2.05, 4.69) is 10.00 Å². The summed E-state index contributed by atoms with van der Waals surface area (Å²) >= 11 is 0. The minimum atomic E-state index is 0.0403. The molecule has 0 saturated carbocycles. The van der Waals surface area contributed by atoms with Gasteiger partial charge in [-0.05, 0) is 38.1 Å². The first-order valence-electron chi connectivity index (χ1n) is 10.4. The zero-order valence-electron chi connectivity index (χ0n) is 18.5. The molecule has 0 spiro atoms. The maximum absolute atomic E-state index is 13.3. The van der Waals surface area contributed by atoms with Crippen LogP contribution in [0.15, 0.2) is 48.5 Å². The number of hydrogen-bond donors (Lipinski definition) is 0. The average Bonchev–Trinajstić information content (AvgIpc) is 3.12. The monoisotopic (exact) mass is 420 g/mol. The molecule has 1 fully saturated rings. The van der Waals surface area contributed by atoms with E-state index in [0.29, 0.717) is 18.7 Å². The highest BCUT2D eigenvalue weighted by Gasteiger charge is 2.28. The van der Waals surface area contributed by atoms with Crippen molar-refractivity contribution in [2.45, 2.75) is 13.8 Å². The van der Waals surface area contributed by atoms with Crippen molar-refractivity contribution in [3.63, 3.8) is 0 Å². The number of aryl methyl sites for hydroxylation is 1. The number of nitrogens with zero attached hydrogens (tertiary/aromatic N) is 4. The highest BCUT2D eigenvalue weighted by molar-refractivity contribution is 5.96. The van der Waals surface area contributed by atoms with E-state index >= 15 is 0 Å². The van der Waals surface area contributed by atoms with E-state index in [9.17, 15) is 4.79 Å². The number of benzene rings is 2. The fourth-order valence-corrected chi connectivity index (χ4v) is 4.13. The lowest BCUT2D eigenvalue weighted by atomic mass is 10.1. The lowest BCUT2D eigenvalue weighted by molar-refractivity contribution is 0.0745. The molecule has 2 heterocycles. The molecular formula is C24H28N4O3. The van der Waals surface area contributed by atoms with Crippen LogP contribution in [0.4, 0.5) is 5.69 Å². The topological polar surface area (TPSA) is 59.8 Å². The van der Waals surface area contributed by atoms with Gasteiger partial charge in [0.05, 0.1) is 42.5 Å². The standard InChI is InChI=1S/C24H28N4O3/c1-17-23(18(2)28(25-17)19-8-6-5-7-9-19)24(29)27-14-12-26(13-15-27)21-11-10-20(30-3)16-22(21)31-4/h5-11,16H,12-15H2,1-4H3. The molecule has 1 amide bonds. The molecule has 0 unspecified atom stereocenters. The molecule has 7 nitrogen and oxygen atoms in total. The van der Waals surface area contributed by atoms with Crippen LogP contribution < -0.4 is 14.4 Å². The molecule has 0 atom stereocenters. The Bertz CT molecular complexity index is 1070. The third-order valence-electron chi connectivity index (χ3n) is 5.80. The van der Waals surface area contributed by atoms with Crippen molar-refractivity contribution in [1.29, 1.82) is 0 Å². The molecule has 31 heavy (non-hydrogen) atoms. The van der Waals surface area contributed by atoms with Crippen LogP contribution >= 0.6 is 0 Å². The lowest BCUT2D eigenvalue weighted by Gasteiger charge is -2.36. The van der Waals surface area contributed by atoms with Gasteiger partial charge in [-0.1, -0.05) is 18.2 Å². The molecule has 3 aromatic rings. The first-order valence-corrected chi connectivity index (χ1v) is 10.4. The summed E-state index contributed by atoms with van der Waals surface area (Å²) in [5, 5.41) is 4.63. The van der Waals surface area contributed by atoms with Gasteiger partial charge in [0, 0.05) is 32.2 Å². The van der Waals surface area contributed by atoms with Crippen LogP contribution in [0.5, 0.6) is 11.5 Å². The largest absolute Gasteiger partial charge is 0.497 e. The third-order valence-corrected chi connectivity index (χ3v) is 5.80. The summed E-state index contributed by atoms with van der Waals surface area (Å²) < 4.78 is 12.7. The van der Waals surface area contributed by atoms with Gasteiger partial charge in [0.1, 0.15) is 11.5 Å². The Morgan fingerprint density at radius 3 is 2.29 bits per heavy atom. The molecule has 162 valence electrons. The molecule has 1 saturated heterocycles. The molecule has 1 aliphatic rings. The van der Waals surface area contributed by atoms with E-state index in [1.54, 1.807) is 14.2 Å². The van der Waals surface area contributed by atoms with Gasteiger partial charge in [-0.3, -0.25) is 4.79 Å². The molecule has 4 rings (SSSR count). The summed E-state index contributed by atoms with van der Waals surface area (Å²) in [5.41, 5.74) is 4.29. The van der Waals surface area contributed by atoms with Gasteiger partial charge in [0.15, 0.2) is 0 Å². The first kappa shape index (κ1) is 20.8. The number of hydrogen-bond acceptors (Lipinski definition) is 5. The Labute approximate surface area is 182 Å². The van der Waals surface area contributed by atoms with Crippen LogP contribution in [0.3, 0.4) is 0 Å². The van der Waals surface area contributed by atoms with Crippen LogP contribution in [0.1, 0.15) is 21.7 Å². The SMILES string of the molecule is COc1ccc(N2CCN(C(=O)c3c(C)nn(-c4ccccc4)c3C)CC2)c(OC)c1. The number of ether oxygens (including phenoxy) is 2. The molecular weight excluding hydrogens is 392 g/mol. The highest BCUT2D eigenvalue weighted by atomic mass is 16.5. The summed E-state index contributed by atoms with van der Waals surface area (Å²) in [6, 6.07) is 15.7. The number of anilines is 1. The van der Waals surface area contributed by atoms with E-state index in [-0.39, 0.29) is 5.91 Å².